The number of carbonyl (C=O) groups excluding carboxylic acids is 1. The average molecular weight is 468 g/mol. The lowest BCUT2D eigenvalue weighted by Gasteiger charge is -2.45. The highest BCUT2D eigenvalue weighted by Crippen LogP contribution is 2.62. The summed E-state index contributed by atoms with van der Waals surface area (Å²) in [5.74, 6) is 0.591. The van der Waals surface area contributed by atoms with Crippen LogP contribution < -0.4 is 15.4 Å². The Morgan fingerprint density at radius 3 is 2.74 bits per heavy atom. The Hall–Kier alpha value is -3.21. The molecule has 0 radical (unpaired) electrons. The van der Waals surface area contributed by atoms with Gasteiger partial charge in [-0.15, -0.1) is 5.10 Å². The van der Waals surface area contributed by atoms with E-state index in [4.69, 9.17) is 9.47 Å². The van der Waals surface area contributed by atoms with Gasteiger partial charge in [-0.05, 0) is 31.2 Å². The van der Waals surface area contributed by atoms with Gasteiger partial charge < -0.3 is 25.0 Å². The molecule has 2 heterocycles. The zero-order valence-electron chi connectivity index (χ0n) is 19.0. The molecular weight excluding hydrogens is 438 g/mol. The van der Waals surface area contributed by atoms with Crippen LogP contribution in [0.4, 0.5) is 10.6 Å². The number of aliphatic hydroxyl groups is 2. The number of aromatic amines is 1. The predicted octanol–water partition coefficient (Wildman–Crippen LogP) is 2.22. The summed E-state index contributed by atoms with van der Waals surface area (Å²) in [6.07, 6.45) is 3.13. The van der Waals surface area contributed by atoms with E-state index < -0.39 is 17.0 Å². The Morgan fingerprint density at radius 2 is 2.06 bits per heavy atom. The summed E-state index contributed by atoms with van der Waals surface area (Å²) >= 11 is 0. The molecule has 2 aliphatic carbocycles. The van der Waals surface area contributed by atoms with Gasteiger partial charge in [0.05, 0.1) is 35.4 Å². The predicted molar refractivity (Wildman–Crippen MR) is 125 cm³/mol. The van der Waals surface area contributed by atoms with Crippen molar-refractivity contribution >= 4 is 22.8 Å². The highest BCUT2D eigenvalue weighted by molar-refractivity contribution is 5.93. The molecule has 2 saturated carbocycles. The highest BCUT2D eigenvalue weighted by Gasteiger charge is 2.69. The van der Waals surface area contributed by atoms with Crippen LogP contribution in [0.3, 0.4) is 0 Å². The van der Waals surface area contributed by atoms with E-state index in [9.17, 15) is 15.0 Å². The van der Waals surface area contributed by atoms with Gasteiger partial charge in [0, 0.05) is 24.6 Å². The molecule has 3 aromatic rings. The van der Waals surface area contributed by atoms with Gasteiger partial charge in [0.15, 0.2) is 0 Å². The standard InChI is InChI=1S/C24H29N5O5/c1-33-10-11-34-21-20-16(28-29-21)12-19(25-17(20)14-30)27-22(31)26-18-13-24(18,23(32)8-5-9-23)15-6-3-2-4-7-15/h2-4,6-7,12,18,30,32H,5,8-11,13-14H2,1H3,(H,28,29)(H2,25,26,27,31). The fourth-order valence-corrected chi connectivity index (χ4v) is 5.14. The number of hydrogen-bond acceptors (Lipinski definition) is 7. The maximum Gasteiger partial charge on any atom is 0.320 e. The minimum absolute atomic E-state index is 0.186. The number of methoxy groups -OCH3 is 1. The van der Waals surface area contributed by atoms with Crippen LogP contribution in [0.15, 0.2) is 36.4 Å². The Kier molecular flexibility index (Phi) is 5.88. The highest BCUT2D eigenvalue weighted by atomic mass is 16.5. The second-order valence-electron chi connectivity index (χ2n) is 8.98. The minimum atomic E-state index is -0.803. The van der Waals surface area contributed by atoms with Gasteiger partial charge in [-0.2, -0.15) is 0 Å². The van der Waals surface area contributed by atoms with Gasteiger partial charge in [0.2, 0.25) is 5.88 Å². The van der Waals surface area contributed by atoms with E-state index >= 15 is 0 Å². The van der Waals surface area contributed by atoms with Crippen LogP contribution in [0.1, 0.15) is 36.9 Å². The van der Waals surface area contributed by atoms with Gasteiger partial charge in [-0.3, -0.25) is 10.4 Å². The molecule has 2 unspecified atom stereocenters. The van der Waals surface area contributed by atoms with Crippen LogP contribution in [0.5, 0.6) is 5.88 Å². The number of pyridine rings is 1. The Balaban J connectivity index is 1.31. The molecule has 2 amide bonds. The van der Waals surface area contributed by atoms with E-state index in [0.29, 0.717) is 42.1 Å². The average Bonchev–Trinajstić information content (AvgIpc) is 3.40. The number of H-pyrrole nitrogens is 1. The number of urea groups is 1. The van der Waals surface area contributed by atoms with Crippen molar-refractivity contribution in [2.24, 2.45) is 0 Å². The number of amides is 2. The largest absolute Gasteiger partial charge is 0.474 e. The normalized spacial score (nSPS) is 22.7. The van der Waals surface area contributed by atoms with Crippen LogP contribution in [0.25, 0.3) is 10.9 Å². The lowest BCUT2D eigenvalue weighted by Crippen LogP contribution is -2.52. The summed E-state index contributed by atoms with van der Waals surface area (Å²) in [5, 5.41) is 34.4. The summed E-state index contributed by atoms with van der Waals surface area (Å²) in [6.45, 7) is 0.359. The third-order valence-corrected chi connectivity index (χ3v) is 7.07. The van der Waals surface area contributed by atoms with Crippen molar-refractivity contribution in [3.05, 3.63) is 47.7 Å². The molecule has 0 saturated heterocycles. The second-order valence-corrected chi connectivity index (χ2v) is 8.98. The van der Waals surface area contributed by atoms with Crippen molar-refractivity contribution in [3.8, 4) is 5.88 Å². The topological polar surface area (TPSA) is 142 Å². The number of rotatable bonds is 9. The molecule has 1 aromatic carbocycles. The number of hydrogen-bond donors (Lipinski definition) is 5. The smallest absolute Gasteiger partial charge is 0.320 e. The number of benzene rings is 1. The third kappa shape index (κ3) is 3.77. The number of nitrogens with zero attached hydrogens (tertiary/aromatic N) is 2. The van der Waals surface area contributed by atoms with E-state index in [-0.39, 0.29) is 18.5 Å². The molecule has 2 aromatic heterocycles. The Morgan fingerprint density at radius 1 is 1.26 bits per heavy atom. The Bertz CT molecular complexity index is 1180. The number of ether oxygens (including phenoxy) is 2. The molecule has 2 atom stereocenters. The number of carbonyl (C=O) groups is 1. The third-order valence-electron chi connectivity index (χ3n) is 7.07. The maximum absolute atomic E-state index is 12.9. The second kappa shape index (κ2) is 8.86. The Labute approximate surface area is 196 Å². The molecule has 5 N–H and O–H groups in total. The molecule has 0 aliphatic heterocycles. The first kappa shape index (κ1) is 22.6. The van der Waals surface area contributed by atoms with Gasteiger partial charge in [0.25, 0.3) is 0 Å². The van der Waals surface area contributed by atoms with Crippen molar-refractivity contribution in [3.63, 3.8) is 0 Å². The summed E-state index contributed by atoms with van der Waals surface area (Å²) in [6, 6.07) is 10.9. The van der Waals surface area contributed by atoms with Crippen LogP contribution >= 0.6 is 0 Å². The molecule has 180 valence electrons. The zero-order chi connectivity index (χ0) is 23.8. The fraction of sp³-hybridized carbons (Fsp3) is 0.458. The molecule has 2 aliphatic rings. The first-order chi connectivity index (χ1) is 16.5. The summed E-state index contributed by atoms with van der Waals surface area (Å²) in [4.78, 5) is 17.2. The van der Waals surface area contributed by atoms with Gasteiger partial charge in [-0.1, -0.05) is 30.3 Å². The van der Waals surface area contributed by atoms with Crippen molar-refractivity contribution < 1.29 is 24.5 Å². The summed E-state index contributed by atoms with van der Waals surface area (Å²) in [5.41, 5.74) is 0.680. The fourth-order valence-electron chi connectivity index (χ4n) is 5.14. The minimum Gasteiger partial charge on any atom is -0.474 e. The van der Waals surface area contributed by atoms with Gasteiger partial charge in [-0.25, -0.2) is 9.78 Å². The van der Waals surface area contributed by atoms with Gasteiger partial charge >= 0.3 is 6.03 Å². The van der Waals surface area contributed by atoms with Crippen molar-refractivity contribution in [2.75, 3.05) is 25.6 Å². The molecule has 10 nitrogen and oxygen atoms in total. The van der Waals surface area contributed by atoms with Crippen molar-refractivity contribution in [1.82, 2.24) is 20.5 Å². The maximum atomic E-state index is 12.9. The number of anilines is 1. The van der Waals surface area contributed by atoms with E-state index in [1.807, 2.05) is 30.3 Å². The lowest BCUT2D eigenvalue weighted by molar-refractivity contribution is -0.0700. The molecule has 2 fully saturated rings. The van der Waals surface area contributed by atoms with E-state index in [0.717, 1.165) is 24.8 Å². The molecular formula is C24H29N5O5. The van der Waals surface area contributed by atoms with Crippen LogP contribution in [0.2, 0.25) is 0 Å². The number of fused-ring (bicyclic) bond motifs is 1. The zero-order valence-corrected chi connectivity index (χ0v) is 19.0. The first-order valence-corrected chi connectivity index (χ1v) is 11.5. The van der Waals surface area contributed by atoms with Crippen LogP contribution in [0, 0.1) is 0 Å². The number of aromatic nitrogens is 3. The first-order valence-electron chi connectivity index (χ1n) is 11.5. The van der Waals surface area contributed by atoms with E-state index in [2.05, 4.69) is 25.8 Å². The number of nitrogens with one attached hydrogen (secondary N) is 3. The van der Waals surface area contributed by atoms with Crippen LogP contribution in [-0.2, 0) is 16.8 Å². The summed E-state index contributed by atoms with van der Waals surface area (Å²) in [7, 11) is 1.58. The molecule has 34 heavy (non-hydrogen) atoms. The molecule has 0 bridgehead atoms. The SMILES string of the molecule is COCCOc1n[nH]c2cc(NC(=O)NC3CC3(c3ccccc3)C3(O)CCC3)nc(CO)c12. The van der Waals surface area contributed by atoms with Gasteiger partial charge in [0.1, 0.15) is 12.4 Å². The van der Waals surface area contributed by atoms with Crippen molar-refractivity contribution in [2.45, 2.75) is 49.3 Å². The van der Waals surface area contributed by atoms with E-state index in [1.165, 1.54) is 0 Å². The van der Waals surface area contributed by atoms with E-state index in [1.54, 1.807) is 13.2 Å². The van der Waals surface area contributed by atoms with Crippen molar-refractivity contribution in [1.29, 1.82) is 0 Å². The lowest BCUT2D eigenvalue weighted by atomic mass is 9.65. The monoisotopic (exact) mass is 467 g/mol. The molecule has 10 heteroatoms. The van der Waals surface area contributed by atoms with Crippen LogP contribution in [-0.4, -0.2) is 63.4 Å². The molecule has 5 rings (SSSR count). The summed E-state index contributed by atoms with van der Waals surface area (Å²) < 4.78 is 10.6. The number of aliphatic hydroxyl groups excluding tert-OH is 1. The molecule has 0 spiro atoms. The quantitative estimate of drug-likeness (QED) is 0.304.